The van der Waals surface area contributed by atoms with E-state index in [0.29, 0.717) is 12.5 Å². The minimum Gasteiger partial charge on any atom is -0.477 e. The molecule has 0 aromatic carbocycles. The first kappa shape index (κ1) is 12.1. The monoisotopic (exact) mass is 248 g/mol. The highest BCUT2D eigenvalue weighted by Crippen LogP contribution is 2.20. The molecular weight excluding hydrogens is 232 g/mol. The molecule has 17 heavy (non-hydrogen) atoms. The highest BCUT2D eigenvalue weighted by atomic mass is 32.1. The van der Waals surface area contributed by atoms with Crippen LogP contribution in [0, 0.1) is 0 Å². The Morgan fingerprint density at radius 2 is 2.29 bits per heavy atom. The van der Waals surface area contributed by atoms with Crippen LogP contribution in [0.1, 0.15) is 23.4 Å². The third-order valence-corrected chi connectivity index (χ3v) is 3.39. The van der Waals surface area contributed by atoms with E-state index in [4.69, 9.17) is 10.5 Å². The van der Waals surface area contributed by atoms with Crippen molar-refractivity contribution in [2.75, 3.05) is 6.61 Å². The largest absolute Gasteiger partial charge is 0.477 e. The SMILES string of the molecule is C[C@@H](N)c1cccnc1OCCc1cccs1. The predicted molar refractivity (Wildman–Crippen MR) is 70.4 cm³/mol. The Kier molecular flexibility index (Phi) is 4.12. The standard InChI is InChI=1S/C13H16N2OS/c1-10(14)12-5-2-7-15-13(12)16-8-6-11-4-3-9-17-11/h2-5,7,9-10H,6,8,14H2,1H3/t10-/m1/s1. The van der Waals surface area contributed by atoms with Gasteiger partial charge in [0, 0.05) is 29.1 Å². The summed E-state index contributed by atoms with van der Waals surface area (Å²) in [6, 6.07) is 7.94. The van der Waals surface area contributed by atoms with E-state index in [1.165, 1.54) is 4.88 Å². The summed E-state index contributed by atoms with van der Waals surface area (Å²) >= 11 is 1.74. The number of ether oxygens (including phenoxy) is 1. The van der Waals surface area contributed by atoms with Gasteiger partial charge in [-0.25, -0.2) is 4.98 Å². The van der Waals surface area contributed by atoms with Crippen molar-refractivity contribution in [1.82, 2.24) is 4.98 Å². The number of hydrogen-bond acceptors (Lipinski definition) is 4. The van der Waals surface area contributed by atoms with Gasteiger partial charge in [0.2, 0.25) is 5.88 Å². The average molecular weight is 248 g/mol. The molecule has 0 unspecified atom stereocenters. The lowest BCUT2D eigenvalue weighted by molar-refractivity contribution is 0.305. The Labute approximate surface area is 105 Å². The topological polar surface area (TPSA) is 48.1 Å². The Hall–Kier alpha value is -1.39. The Morgan fingerprint density at radius 1 is 1.41 bits per heavy atom. The molecule has 2 aromatic rings. The number of thiophene rings is 1. The summed E-state index contributed by atoms with van der Waals surface area (Å²) < 4.78 is 5.69. The van der Waals surface area contributed by atoms with Crippen LogP contribution in [0.3, 0.4) is 0 Å². The number of pyridine rings is 1. The van der Waals surface area contributed by atoms with Crippen LogP contribution in [0.5, 0.6) is 5.88 Å². The van der Waals surface area contributed by atoms with Crippen molar-refractivity contribution in [3.63, 3.8) is 0 Å². The summed E-state index contributed by atoms with van der Waals surface area (Å²) in [6.07, 6.45) is 2.64. The molecule has 0 amide bonds. The van der Waals surface area contributed by atoms with Crippen LogP contribution >= 0.6 is 11.3 Å². The predicted octanol–water partition coefficient (Wildman–Crippen LogP) is 2.78. The van der Waals surface area contributed by atoms with Crippen molar-refractivity contribution < 1.29 is 4.74 Å². The van der Waals surface area contributed by atoms with Gasteiger partial charge in [-0.2, -0.15) is 0 Å². The second-order valence-corrected chi connectivity index (χ2v) is 4.90. The second-order valence-electron chi connectivity index (χ2n) is 3.86. The lowest BCUT2D eigenvalue weighted by Gasteiger charge is -2.11. The maximum Gasteiger partial charge on any atom is 0.218 e. The van der Waals surface area contributed by atoms with Gasteiger partial charge < -0.3 is 10.5 Å². The molecule has 0 radical (unpaired) electrons. The molecule has 2 aromatic heterocycles. The van der Waals surface area contributed by atoms with Crippen LogP contribution in [0.2, 0.25) is 0 Å². The van der Waals surface area contributed by atoms with Crippen molar-refractivity contribution >= 4 is 11.3 Å². The summed E-state index contributed by atoms with van der Waals surface area (Å²) in [4.78, 5) is 5.54. The molecule has 0 bridgehead atoms. The second kappa shape index (κ2) is 5.80. The molecule has 90 valence electrons. The van der Waals surface area contributed by atoms with Crippen molar-refractivity contribution in [3.05, 3.63) is 46.3 Å². The first-order valence-corrected chi connectivity index (χ1v) is 6.51. The molecule has 2 rings (SSSR count). The molecule has 0 saturated carbocycles. The minimum atomic E-state index is -0.0552. The van der Waals surface area contributed by atoms with E-state index in [1.807, 2.05) is 25.1 Å². The van der Waals surface area contributed by atoms with Crippen LogP contribution < -0.4 is 10.5 Å². The summed E-state index contributed by atoms with van der Waals surface area (Å²) in [5.74, 6) is 0.652. The van der Waals surface area contributed by atoms with Gasteiger partial charge in [0.25, 0.3) is 0 Å². The third-order valence-electron chi connectivity index (χ3n) is 2.46. The first-order valence-electron chi connectivity index (χ1n) is 5.63. The number of aromatic nitrogens is 1. The zero-order valence-electron chi connectivity index (χ0n) is 9.80. The maximum absolute atomic E-state index is 5.86. The fourth-order valence-electron chi connectivity index (χ4n) is 1.57. The zero-order chi connectivity index (χ0) is 12.1. The van der Waals surface area contributed by atoms with Crippen molar-refractivity contribution in [1.29, 1.82) is 0 Å². The molecular formula is C13H16N2OS. The summed E-state index contributed by atoms with van der Waals surface area (Å²) in [6.45, 7) is 2.57. The third kappa shape index (κ3) is 3.28. The van der Waals surface area contributed by atoms with Crippen LogP contribution in [0.4, 0.5) is 0 Å². The molecule has 0 aliphatic rings. The molecule has 2 heterocycles. The number of nitrogens with zero attached hydrogens (tertiary/aromatic N) is 1. The molecule has 3 nitrogen and oxygen atoms in total. The fourth-order valence-corrected chi connectivity index (χ4v) is 2.26. The Balaban J connectivity index is 1.94. The Morgan fingerprint density at radius 3 is 3.00 bits per heavy atom. The van der Waals surface area contributed by atoms with Gasteiger partial charge in [-0.1, -0.05) is 12.1 Å². The van der Waals surface area contributed by atoms with Gasteiger partial charge >= 0.3 is 0 Å². The van der Waals surface area contributed by atoms with Crippen LogP contribution in [-0.4, -0.2) is 11.6 Å². The van der Waals surface area contributed by atoms with E-state index in [1.54, 1.807) is 17.5 Å². The highest BCUT2D eigenvalue weighted by molar-refractivity contribution is 7.09. The van der Waals surface area contributed by atoms with E-state index < -0.39 is 0 Å². The summed E-state index contributed by atoms with van der Waals surface area (Å²) in [5.41, 5.74) is 6.82. The van der Waals surface area contributed by atoms with Gasteiger partial charge in [-0.05, 0) is 24.4 Å². The first-order chi connectivity index (χ1) is 8.27. The van der Waals surface area contributed by atoms with Gasteiger partial charge in [-0.15, -0.1) is 11.3 Å². The van der Waals surface area contributed by atoms with E-state index >= 15 is 0 Å². The highest BCUT2D eigenvalue weighted by Gasteiger charge is 2.08. The van der Waals surface area contributed by atoms with Gasteiger partial charge in [0.1, 0.15) is 0 Å². The maximum atomic E-state index is 5.86. The van der Waals surface area contributed by atoms with Gasteiger partial charge in [-0.3, -0.25) is 0 Å². The summed E-state index contributed by atoms with van der Waals surface area (Å²) in [7, 11) is 0. The smallest absolute Gasteiger partial charge is 0.218 e. The minimum absolute atomic E-state index is 0.0552. The molecule has 4 heteroatoms. The molecule has 0 aliphatic heterocycles. The van der Waals surface area contributed by atoms with Gasteiger partial charge in [0.05, 0.1) is 6.61 Å². The number of hydrogen-bond donors (Lipinski definition) is 1. The van der Waals surface area contributed by atoms with Crippen molar-refractivity contribution in [2.24, 2.45) is 5.73 Å². The molecule has 0 fully saturated rings. The lowest BCUT2D eigenvalue weighted by Crippen LogP contribution is -2.10. The van der Waals surface area contributed by atoms with E-state index in [9.17, 15) is 0 Å². The number of nitrogens with two attached hydrogens (primary N) is 1. The average Bonchev–Trinajstić information content (AvgIpc) is 2.82. The number of rotatable bonds is 5. The summed E-state index contributed by atoms with van der Waals surface area (Å²) in [5, 5.41) is 2.07. The van der Waals surface area contributed by atoms with Crippen molar-refractivity contribution in [3.8, 4) is 5.88 Å². The van der Waals surface area contributed by atoms with Crippen LogP contribution in [0.25, 0.3) is 0 Å². The lowest BCUT2D eigenvalue weighted by atomic mass is 10.1. The molecule has 0 aliphatic carbocycles. The normalized spacial score (nSPS) is 12.4. The van der Waals surface area contributed by atoms with E-state index in [2.05, 4.69) is 16.4 Å². The van der Waals surface area contributed by atoms with Gasteiger partial charge in [0.15, 0.2) is 0 Å². The molecule has 1 atom stereocenters. The Bertz CT molecular complexity index is 454. The molecule has 2 N–H and O–H groups in total. The zero-order valence-corrected chi connectivity index (χ0v) is 10.6. The fraction of sp³-hybridized carbons (Fsp3) is 0.308. The van der Waals surface area contributed by atoms with Crippen molar-refractivity contribution in [2.45, 2.75) is 19.4 Å². The molecule has 0 spiro atoms. The quantitative estimate of drug-likeness (QED) is 0.885. The van der Waals surface area contributed by atoms with E-state index in [0.717, 1.165) is 12.0 Å². The molecule has 0 saturated heterocycles. The van der Waals surface area contributed by atoms with Crippen LogP contribution in [0.15, 0.2) is 35.8 Å². The van der Waals surface area contributed by atoms with E-state index in [-0.39, 0.29) is 6.04 Å². The van der Waals surface area contributed by atoms with Crippen LogP contribution in [-0.2, 0) is 6.42 Å².